The quantitative estimate of drug-likeness (QED) is 0.484. The fraction of sp³-hybridized carbons (Fsp3) is 0.125. The minimum absolute atomic E-state index is 0.0238. The first-order valence-electron chi connectivity index (χ1n) is 9.85. The molecule has 0 fully saturated rings. The summed E-state index contributed by atoms with van der Waals surface area (Å²) in [5, 5.41) is 7.81. The van der Waals surface area contributed by atoms with Crippen LogP contribution < -0.4 is 10.9 Å². The molecule has 7 heteroatoms. The highest BCUT2D eigenvalue weighted by molar-refractivity contribution is 6.30. The lowest BCUT2D eigenvalue weighted by Gasteiger charge is -2.07. The van der Waals surface area contributed by atoms with Gasteiger partial charge in [-0.15, -0.1) is 0 Å². The largest absolute Gasteiger partial charge is 0.348 e. The van der Waals surface area contributed by atoms with Crippen molar-refractivity contribution in [2.45, 2.75) is 19.6 Å². The van der Waals surface area contributed by atoms with E-state index in [1.54, 1.807) is 46.0 Å². The van der Waals surface area contributed by atoms with E-state index < -0.39 is 0 Å². The molecular weight excluding hydrogens is 412 g/mol. The van der Waals surface area contributed by atoms with E-state index >= 15 is 0 Å². The van der Waals surface area contributed by atoms with Crippen molar-refractivity contribution in [3.05, 3.63) is 123 Å². The molecule has 1 N–H and O–H groups in total. The fourth-order valence-electron chi connectivity index (χ4n) is 3.22. The van der Waals surface area contributed by atoms with Gasteiger partial charge >= 0.3 is 0 Å². The van der Waals surface area contributed by atoms with E-state index in [0.717, 1.165) is 16.7 Å². The summed E-state index contributed by atoms with van der Waals surface area (Å²) in [6, 6.07) is 20.5. The number of halogens is 1. The molecule has 0 aliphatic heterocycles. The summed E-state index contributed by atoms with van der Waals surface area (Å²) in [6.07, 6.45) is 5.06. The van der Waals surface area contributed by atoms with E-state index in [0.29, 0.717) is 30.2 Å². The van der Waals surface area contributed by atoms with Crippen molar-refractivity contribution >= 4 is 17.5 Å². The van der Waals surface area contributed by atoms with E-state index in [4.69, 9.17) is 11.6 Å². The van der Waals surface area contributed by atoms with Crippen LogP contribution >= 0.6 is 11.6 Å². The summed E-state index contributed by atoms with van der Waals surface area (Å²) < 4.78 is 3.39. The molecule has 4 aromatic rings. The van der Waals surface area contributed by atoms with Gasteiger partial charge in [0.05, 0.1) is 24.8 Å². The van der Waals surface area contributed by atoms with Crippen LogP contribution in [0.2, 0.25) is 5.02 Å². The number of nitrogens with one attached hydrogen (secondary N) is 1. The second-order valence-electron chi connectivity index (χ2n) is 7.22. The topological polar surface area (TPSA) is 68.9 Å². The van der Waals surface area contributed by atoms with Crippen LogP contribution in [0, 0.1) is 0 Å². The van der Waals surface area contributed by atoms with Crippen molar-refractivity contribution in [3.8, 4) is 0 Å². The number of aromatic nitrogens is 3. The molecule has 6 nitrogen and oxygen atoms in total. The van der Waals surface area contributed by atoms with Gasteiger partial charge in [0.15, 0.2) is 0 Å². The maximum atomic E-state index is 12.4. The Labute approximate surface area is 184 Å². The van der Waals surface area contributed by atoms with Crippen LogP contribution in [0.4, 0.5) is 0 Å². The van der Waals surface area contributed by atoms with Crippen LogP contribution in [0.25, 0.3) is 0 Å². The van der Waals surface area contributed by atoms with Crippen LogP contribution in [0.3, 0.4) is 0 Å². The molecule has 0 bridgehead atoms. The van der Waals surface area contributed by atoms with Crippen molar-refractivity contribution in [1.29, 1.82) is 0 Å². The van der Waals surface area contributed by atoms with Crippen LogP contribution in [0.5, 0.6) is 0 Å². The number of carbonyl (C=O) groups is 1. The smallest absolute Gasteiger partial charge is 0.254 e. The van der Waals surface area contributed by atoms with Gasteiger partial charge in [-0.3, -0.25) is 14.3 Å². The summed E-state index contributed by atoms with van der Waals surface area (Å²) in [7, 11) is 0. The number of pyridine rings is 1. The Hall–Kier alpha value is -3.64. The highest BCUT2D eigenvalue weighted by atomic mass is 35.5. The molecule has 0 radical (unpaired) electrons. The fourth-order valence-corrected chi connectivity index (χ4v) is 3.44. The Kier molecular flexibility index (Phi) is 6.29. The van der Waals surface area contributed by atoms with Crippen molar-refractivity contribution in [2.24, 2.45) is 0 Å². The number of nitrogens with zero attached hydrogens (tertiary/aromatic N) is 3. The minimum Gasteiger partial charge on any atom is -0.348 e. The van der Waals surface area contributed by atoms with E-state index in [1.807, 2.05) is 48.5 Å². The number of amides is 1. The molecule has 2 aromatic carbocycles. The van der Waals surface area contributed by atoms with Gasteiger partial charge in [-0.1, -0.05) is 54.1 Å². The summed E-state index contributed by atoms with van der Waals surface area (Å²) in [6.45, 7) is 1.47. The van der Waals surface area contributed by atoms with Crippen molar-refractivity contribution in [1.82, 2.24) is 19.7 Å². The summed E-state index contributed by atoms with van der Waals surface area (Å²) >= 11 is 5.97. The van der Waals surface area contributed by atoms with Crippen LogP contribution in [0.1, 0.15) is 27.0 Å². The van der Waals surface area contributed by atoms with Crippen LogP contribution in [-0.4, -0.2) is 20.3 Å². The lowest BCUT2D eigenvalue weighted by Crippen LogP contribution is -2.22. The third-order valence-corrected chi connectivity index (χ3v) is 5.09. The molecule has 0 aliphatic rings. The highest BCUT2D eigenvalue weighted by Gasteiger charge is 2.09. The number of hydrogen-bond acceptors (Lipinski definition) is 3. The predicted molar refractivity (Wildman–Crippen MR) is 120 cm³/mol. The SMILES string of the molecule is O=C(NCc1cccc(Cl)c1)c1cnn(Cc2ccc(Cn3ccccc3=O)cc2)c1. The van der Waals surface area contributed by atoms with Gasteiger partial charge in [-0.25, -0.2) is 0 Å². The van der Waals surface area contributed by atoms with Gasteiger partial charge in [0.1, 0.15) is 0 Å². The molecule has 0 atom stereocenters. The van der Waals surface area contributed by atoms with Gasteiger partial charge in [-0.05, 0) is 34.9 Å². The number of carbonyl (C=O) groups excluding carboxylic acids is 1. The first-order chi connectivity index (χ1) is 15.1. The molecule has 0 aliphatic carbocycles. The standard InChI is InChI=1S/C24H21ClN4O2/c25-22-5-3-4-20(12-22)13-26-24(31)21-14-27-29(17-21)16-19-9-7-18(8-10-19)15-28-11-2-1-6-23(28)30/h1-12,14,17H,13,15-16H2,(H,26,31). The molecule has 0 saturated carbocycles. The first-order valence-corrected chi connectivity index (χ1v) is 10.2. The monoisotopic (exact) mass is 432 g/mol. The van der Waals surface area contributed by atoms with Gasteiger partial charge in [0.2, 0.25) is 0 Å². The zero-order chi connectivity index (χ0) is 21.6. The maximum absolute atomic E-state index is 12.4. The predicted octanol–water partition coefficient (Wildman–Crippen LogP) is 3.72. The Morgan fingerprint density at radius 3 is 2.45 bits per heavy atom. The molecule has 4 rings (SSSR count). The average molecular weight is 433 g/mol. The lowest BCUT2D eigenvalue weighted by atomic mass is 10.1. The summed E-state index contributed by atoms with van der Waals surface area (Å²) in [5.74, 6) is -0.185. The van der Waals surface area contributed by atoms with Crippen molar-refractivity contribution in [2.75, 3.05) is 0 Å². The molecule has 0 spiro atoms. The van der Waals surface area contributed by atoms with Crippen molar-refractivity contribution in [3.63, 3.8) is 0 Å². The van der Waals surface area contributed by atoms with Gasteiger partial charge in [0.25, 0.3) is 11.5 Å². The van der Waals surface area contributed by atoms with Crippen molar-refractivity contribution < 1.29 is 4.79 Å². The Morgan fingerprint density at radius 2 is 1.71 bits per heavy atom. The molecule has 2 aromatic heterocycles. The summed E-state index contributed by atoms with van der Waals surface area (Å²) in [4.78, 5) is 24.2. The number of hydrogen-bond donors (Lipinski definition) is 1. The molecule has 0 unspecified atom stereocenters. The van der Waals surface area contributed by atoms with Crippen LogP contribution in [0.15, 0.2) is 90.1 Å². The van der Waals surface area contributed by atoms with Crippen LogP contribution in [-0.2, 0) is 19.6 Å². The lowest BCUT2D eigenvalue weighted by molar-refractivity contribution is 0.0951. The first kappa shape index (κ1) is 20.6. The molecule has 0 saturated heterocycles. The number of rotatable bonds is 7. The maximum Gasteiger partial charge on any atom is 0.254 e. The molecule has 2 heterocycles. The summed E-state index contributed by atoms with van der Waals surface area (Å²) in [5.41, 5.74) is 3.51. The van der Waals surface area contributed by atoms with E-state index in [-0.39, 0.29) is 11.5 Å². The second-order valence-corrected chi connectivity index (χ2v) is 7.66. The normalized spacial score (nSPS) is 10.7. The zero-order valence-electron chi connectivity index (χ0n) is 16.7. The Morgan fingerprint density at radius 1 is 0.935 bits per heavy atom. The molecular formula is C24H21ClN4O2. The molecule has 1 amide bonds. The van der Waals surface area contributed by atoms with E-state index in [1.165, 1.54) is 0 Å². The zero-order valence-corrected chi connectivity index (χ0v) is 17.5. The Balaban J connectivity index is 1.34. The van der Waals surface area contributed by atoms with Gasteiger partial charge < -0.3 is 9.88 Å². The van der Waals surface area contributed by atoms with Gasteiger partial charge in [-0.2, -0.15) is 5.10 Å². The van der Waals surface area contributed by atoms with E-state index in [2.05, 4.69) is 10.4 Å². The molecule has 31 heavy (non-hydrogen) atoms. The highest BCUT2D eigenvalue weighted by Crippen LogP contribution is 2.11. The minimum atomic E-state index is -0.185. The third-order valence-electron chi connectivity index (χ3n) is 4.86. The molecule has 156 valence electrons. The number of benzene rings is 2. The average Bonchev–Trinajstić information content (AvgIpc) is 3.24. The van der Waals surface area contributed by atoms with E-state index in [9.17, 15) is 9.59 Å². The van der Waals surface area contributed by atoms with Gasteiger partial charge in [0, 0.05) is 30.0 Å². The second kappa shape index (κ2) is 9.45. The Bertz CT molecular complexity index is 1240. The third kappa shape index (κ3) is 5.49.